The third-order valence-corrected chi connectivity index (χ3v) is 4.29. The molecule has 0 fully saturated rings. The minimum Gasteiger partial charge on any atom is -0.338 e. The zero-order chi connectivity index (χ0) is 14.5. The van der Waals surface area contributed by atoms with E-state index in [1.54, 1.807) is 0 Å². The Morgan fingerprint density at radius 1 is 0.650 bits per heavy atom. The Balaban J connectivity index is 2.40. The summed E-state index contributed by atoms with van der Waals surface area (Å²) in [6, 6.07) is 21.8. The van der Waals surface area contributed by atoms with Crippen LogP contribution in [0.1, 0.15) is 27.7 Å². The molecular formula is C19H25N. The zero-order valence-electron chi connectivity index (χ0n) is 13.0. The maximum Gasteiger partial charge on any atom is 0.0413 e. The Kier molecular flexibility index (Phi) is 4.84. The Morgan fingerprint density at radius 3 is 1.40 bits per heavy atom. The fourth-order valence-corrected chi connectivity index (χ4v) is 2.59. The minimum absolute atomic E-state index is 0.458. The third-order valence-electron chi connectivity index (χ3n) is 4.29. The van der Waals surface area contributed by atoms with Crippen molar-refractivity contribution in [3.8, 4) is 0 Å². The lowest BCUT2D eigenvalue weighted by molar-refractivity contribution is 0.359. The van der Waals surface area contributed by atoms with Gasteiger partial charge in [-0.15, -0.1) is 0 Å². The Hall–Kier alpha value is -1.76. The fourth-order valence-electron chi connectivity index (χ4n) is 2.59. The molecule has 0 aromatic heterocycles. The number of benzene rings is 2. The molecule has 1 nitrogen and oxygen atoms in total. The first-order valence-corrected chi connectivity index (χ1v) is 7.50. The molecule has 0 saturated carbocycles. The van der Waals surface area contributed by atoms with Crippen LogP contribution in [0.5, 0.6) is 0 Å². The first-order chi connectivity index (χ1) is 9.61. The van der Waals surface area contributed by atoms with Crippen molar-refractivity contribution < 1.29 is 0 Å². The predicted octanol–water partition coefficient (Wildman–Crippen LogP) is 5.51. The van der Waals surface area contributed by atoms with E-state index in [0.29, 0.717) is 17.9 Å². The van der Waals surface area contributed by atoms with Crippen LogP contribution in [-0.2, 0) is 0 Å². The molecule has 0 N–H and O–H groups in total. The predicted molar refractivity (Wildman–Crippen MR) is 88.5 cm³/mol. The molecule has 1 heteroatoms. The molecule has 0 bridgehead atoms. The molecular weight excluding hydrogens is 242 g/mol. The van der Waals surface area contributed by atoms with E-state index in [0.717, 1.165) is 0 Å². The molecule has 0 saturated heterocycles. The van der Waals surface area contributed by atoms with Gasteiger partial charge in [0.2, 0.25) is 0 Å². The molecule has 0 aliphatic rings. The van der Waals surface area contributed by atoms with Crippen LogP contribution in [0, 0.1) is 11.8 Å². The minimum atomic E-state index is 0.458. The molecule has 1 unspecified atom stereocenters. The van der Waals surface area contributed by atoms with Crippen LogP contribution < -0.4 is 4.90 Å². The molecule has 0 aliphatic carbocycles. The molecule has 0 radical (unpaired) electrons. The topological polar surface area (TPSA) is 3.24 Å². The zero-order valence-corrected chi connectivity index (χ0v) is 13.0. The average Bonchev–Trinajstić information content (AvgIpc) is 2.48. The summed E-state index contributed by atoms with van der Waals surface area (Å²) in [7, 11) is 0. The molecule has 106 valence electrons. The molecule has 2 aromatic rings. The number of hydrogen-bond donors (Lipinski definition) is 0. The Morgan fingerprint density at radius 2 is 1.05 bits per heavy atom. The van der Waals surface area contributed by atoms with Crippen molar-refractivity contribution in [3.63, 3.8) is 0 Å². The number of rotatable bonds is 5. The molecule has 2 atom stereocenters. The van der Waals surface area contributed by atoms with E-state index in [1.807, 2.05) is 0 Å². The van der Waals surface area contributed by atoms with Crippen molar-refractivity contribution in [1.82, 2.24) is 0 Å². The van der Waals surface area contributed by atoms with Crippen molar-refractivity contribution in [1.29, 1.82) is 0 Å². The number of hydrogen-bond acceptors (Lipinski definition) is 1. The van der Waals surface area contributed by atoms with Crippen LogP contribution in [0.3, 0.4) is 0 Å². The summed E-state index contributed by atoms with van der Waals surface area (Å²) >= 11 is 0. The van der Waals surface area contributed by atoms with Crippen LogP contribution in [0.15, 0.2) is 60.7 Å². The van der Waals surface area contributed by atoms with Gasteiger partial charge in [0.05, 0.1) is 0 Å². The van der Waals surface area contributed by atoms with Gasteiger partial charge in [-0.1, -0.05) is 57.2 Å². The molecule has 0 amide bonds. The third kappa shape index (κ3) is 3.22. The van der Waals surface area contributed by atoms with Crippen molar-refractivity contribution in [2.75, 3.05) is 4.90 Å². The average molecular weight is 267 g/mol. The standard InChI is InChI=1S/C19H25N/c1-15(2)16(3)17(4)20(18-11-7-5-8-12-18)19-13-9-6-10-14-19/h5-17H,1-4H3/t16-,17?/m1/s1. The first kappa shape index (κ1) is 14.6. The second-order valence-corrected chi connectivity index (χ2v) is 5.88. The summed E-state index contributed by atoms with van der Waals surface area (Å²) in [6.45, 7) is 9.27. The highest BCUT2D eigenvalue weighted by molar-refractivity contribution is 5.63. The lowest BCUT2D eigenvalue weighted by Crippen LogP contribution is -2.36. The van der Waals surface area contributed by atoms with Gasteiger partial charge in [0, 0.05) is 17.4 Å². The number of para-hydroxylation sites is 2. The highest BCUT2D eigenvalue weighted by atomic mass is 15.2. The summed E-state index contributed by atoms with van der Waals surface area (Å²) in [5, 5.41) is 0. The van der Waals surface area contributed by atoms with Gasteiger partial charge in [0.25, 0.3) is 0 Å². The summed E-state index contributed by atoms with van der Waals surface area (Å²) < 4.78 is 0. The lowest BCUT2D eigenvalue weighted by Gasteiger charge is -2.37. The summed E-state index contributed by atoms with van der Waals surface area (Å²) in [4.78, 5) is 2.45. The van der Waals surface area contributed by atoms with Crippen molar-refractivity contribution in [2.45, 2.75) is 33.7 Å². The quantitative estimate of drug-likeness (QED) is 0.691. The lowest BCUT2D eigenvalue weighted by atomic mass is 9.89. The van der Waals surface area contributed by atoms with Crippen molar-refractivity contribution in [2.24, 2.45) is 11.8 Å². The molecule has 2 rings (SSSR count). The van der Waals surface area contributed by atoms with Gasteiger partial charge in [-0.05, 0) is 43.0 Å². The monoisotopic (exact) mass is 267 g/mol. The summed E-state index contributed by atoms with van der Waals surface area (Å²) in [5.74, 6) is 1.29. The van der Waals surface area contributed by atoms with E-state index < -0.39 is 0 Å². The van der Waals surface area contributed by atoms with E-state index in [9.17, 15) is 0 Å². The number of nitrogens with zero attached hydrogens (tertiary/aromatic N) is 1. The summed E-state index contributed by atoms with van der Waals surface area (Å²) in [5.41, 5.74) is 2.53. The normalized spacial score (nSPS) is 14.1. The van der Waals surface area contributed by atoms with Crippen LogP contribution >= 0.6 is 0 Å². The van der Waals surface area contributed by atoms with Crippen LogP contribution in [0.25, 0.3) is 0 Å². The van der Waals surface area contributed by atoms with Crippen LogP contribution in [0.2, 0.25) is 0 Å². The van der Waals surface area contributed by atoms with Crippen molar-refractivity contribution >= 4 is 11.4 Å². The fraction of sp³-hybridized carbons (Fsp3) is 0.368. The van der Waals surface area contributed by atoms with E-state index in [2.05, 4.69) is 93.3 Å². The van der Waals surface area contributed by atoms with E-state index in [-0.39, 0.29) is 0 Å². The number of anilines is 2. The van der Waals surface area contributed by atoms with Crippen LogP contribution in [-0.4, -0.2) is 6.04 Å². The molecule has 20 heavy (non-hydrogen) atoms. The maximum atomic E-state index is 2.45. The SMILES string of the molecule is CC(C)[C@@H](C)C(C)N(c1ccccc1)c1ccccc1. The molecule has 0 heterocycles. The Bertz CT molecular complexity index is 464. The highest BCUT2D eigenvalue weighted by Crippen LogP contribution is 2.32. The van der Waals surface area contributed by atoms with Gasteiger partial charge in [0.1, 0.15) is 0 Å². The van der Waals surface area contributed by atoms with E-state index >= 15 is 0 Å². The smallest absolute Gasteiger partial charge is 0.0413 e. The van der Waals surface area contributed by atoms with Gasteiger partial charge in [-0.2, -0.15) is 0 Å². The second kappa shape index (κ2) is 6.60. The Labute approximate surface area is 123 Å². The summed E-state index contributed by atoms with van der Waals surface area (Å²) in [6.07, 6.45) is 0. The molecule has 0 spiro atoms. The van der Waals surface area contributed by atoms with E-state index in [1.165, 1.54) is 11.4 Å². The highest BCUT2D eigenvalue weighted by Gasteiger charge is 2.23. The largest absolute Gasteiger partial charge is 0.338 e. The van der Waals surface area contributed by atoms with Crippen molar-refractivity contribution in [3.05, 3.63) is 60.7 Å². The molecule has 2 aromatic carbocycles. The van der Waals surface area contributed by atoms with Gasteiger partial charge in [-0.25, -0.2) is 0 Å². The molecule has 0 aliphatic heterocycles. The van der Waals surface area contributed by atoms with Gasteiger partial charge >= 0.3 is 0 Å². The maximum absolute atomic E-state index is 2.45. The van der Waals surface area contributed by atoms with Crippen LogP contribution in [0.4, 0.5) is 11.4 Å². The van der Waals surface area contributed by atoms with Gasteiger partial charge in [0.15, 0.2) is 0 Å². The van der Waals surface area contributed by atoms with Gasteiger partial charge in [-0.3, -0.25) is 0 Å². The van der Waals surface area contributed by atoms with Gasteiger partial charge < -0.3 is 4.90 Å². The van der Waals surface area contributed by atoms with E-state index in [4.69, 9.17) is 0 Å². The second-order valence-electron chi connectivity index (χ2n) is 5.88. The first-order valence-electron chi connectivity index (χ1n) is 7.50.